The Morgan fingerprint density at radius 2 is 2.21 bits per heavy atom. The molecule has 0 saturated carbocycles. The Hall–Kier alpha value is -1.47. The highest BCUT2D eigenvalue weighted by molar-refractivity contribution is 9.10. The Kier molecular flexibility index (Phi) is 4.16. The van der Waals surface area contributed by atoms with Crippen LogP contribution in [0, 0.1) is 5.92 Å². The van der Waals surface area contributed by atoms with Crippen molar-refractivity contribution in [3.8, 4) is 0 Å². The SMILES string of the molecule is CN(C(=O)c1ccc(Br)nc1)C1COCC1C(=O)O. The van der Waals surface area contributed by atoms with Gasteiger partial charge in [-0.25, -0.2) is 4.98 Å². The van der Waals surface area contributed by atoms with Crippen LogP contribution in [0.4, 0.5) is 0 Å². The molecule has 6 nitrogen and oxygen atoms in total. The third kappa shape index (κ3) is 2.93. The highest BCUT2D eigenvalue weighted by atomic mass is 79.9. The van der Waals surface area contributed by atoms with Gasteiger partial charge in [-0.05, 0) is 28.1 Å². The van der Waals surface area contributed by atoms with Crippen LogP contribution in [0.25, 0.3) is 0 Å². The van der Waals surface area contributed by atoms with Gasteiger partial charge in [0.2, 0.25) is 0 Å². The number of amides is 1. The zero-order valence-corrected chi connectivity index (χ0v) is 11.8. The van der Waals surface area contributed by atoms with Crippen molar-refractivity contribution >= 4 is 27.8 Å². The smallest absolute Gasteiger partial charge is 0.311 e. The number of carboxylic acid groups (broad SMARTS) is 1. The van der Waals surface area contributed by atoms with Gasteiger partial charge in [0, 0.05) is 13.2 Å². The summed E-state index contributed by atoms with van der Waals surface area (Å²) in [7, 11) is 1.58. The van der Waals surface area contributed by atoms with Crippen molar-refractivity contribution < 1.29 is 19.4 Å². The normalized spacial score (nSPS) is 22.2. The average Bonchev–Trinajstić information content (AvgIpc) is 2.87. The number of aromatic nitrogens is 1. The molecule has 1 aliphatic heterocycles. The number of carbonyl (C=O) groups excluding carboxylic acids is 1. The van der Waals surface area contributed by atoms with Crippen molar-refractivity contribution in [2.24, 2.45) is 5.92 Å². The zero-order chi connectivity index (χ0) is 14.0. The van der Waals surface area contributed by atoms with E-state index >= 15 is 0 Å². The molecule has 1 aromatic heterocycles. The number of nitrogens with zero attached hydrogens (tertiary/aromatic N) is 2. The number of carboxylic acids is 1. The highest BCUT2D eigenvalue weighted by Gasteiger charge is 2.38. The third-order valence-corrected chi connectivity index (χ3v) is 3.63. The van der Waals surface area contributed by atoms with Crippen LogP contribution in [0.15, 0.2) is 22.9 Å². The molecular weight excluding hydrogens is 316 g/mol. The van der Waals surface area contributed by atoms with Gasteiger partial charge in [0.1, 0.15) is 10.5 Å². The van der Waals surface area contributed by atoms with E-state index < -0.39 is 17.9 Å². The molecule has 0 bridgehead atoms. The fourth-order valence-electron chi connectivity index (χ4n) is 2.02. The molecule has 7 heteroatoms. The van der Waals surface area contributed by atoms with Gasteiger partial charge >= 0.3 is 5.97 Å². The third-order valence-electron chi connectivity index (χ3n) is 3.16. The van der Waals surface area contributed by atoms with Crippen LogP contribution in [0.3, 0.4) is 0 Å². The van der Waals surface area contributed by atoms with Crippen molar-refractivity contribution in [3.63, 3.8) is 0 Å². The summed E-state index contributed by atoms with van der Waals surface area (Å²) in [5, 5.41) is 9.08. The van der Waals surface area contributed by atoms with E-state index in [4.69, 9.17) is 9.84 Å². The van der Waals surface area contributed by atoms with E-state index in [1.54, 1.807) is 19.2 Å². The lowest BCUT2D eigenvalue weighted by atomic mass is 10.0. The number of carbonyl (C=O) groups is 2. The van der Waals surface area contributed by atoms with Crippen molar-refractivity contribution in [2.45, 2.75) is 6.04 Å². The molecule has 0 spiro atoms. The van der Waals surface area contributed by atoms with Gasteiger partial charge in [0.15, 0.2) is 0 Å². The Morgan fingerprint density at radius 3 is 2.79 bits per heavy atom. The number of aliphatic carboxylic acids is 1. The fourth-order valence-corrected chi connectivity index (χ4v) is 2.25. The van der Waals surface area contributed by atoms with Gasteiger partial charge in [0.05, 0.1) is 24.8 Å². The number of rotatable bonds is 3. The molecule has 1 fully saturated rings. The maximum Gasteiger partial charge on any atom is 0.311 e. The maximum atomic E-state index is 12.2. The van der Waals surface area contributed by atoms with E-state index in [1.807, 2.05) is 0 Å². The van der Waals surface area contributed by atoms with E-state index in [2.05, 4.69) is 20.9 Å². The minimum absolute atomic E-state index is 0.135. The lowest BCUT2D eigenvalue weighted by Crippen LogP contribution is -2.44. The standard InChI is InChI=1S/C12H13BrN2O4/c1-15(9-6-19-5-8(9)12(17)18)11(16)7-2-3-10(13)14-4-7/h2-4,8-9H,5-6H2,1H3,(H,17,18). The van der Waals surface area contributed by atoms with E-state index in [1.165, 1.54) is 11.1 Å². The molecule has 1 amide bonds. The Morgan fingerprint density at radius 1 is 1.47 bits per heavy atom. The summed E-state index contributed by atoms with van der Waals surface area (Å²) in [5.41, 5.74) is 0.418. The second-order valence-corrected chi connectivity index (χ2v) is 5.15. The van der Waals surface area contributed by atoms with E-state index in [9.17, 15) is 9.59 Å². The second-order valence-electron chi connectivity index (χ2n) is 4.34. The first-order valence-corrected chi connectivity index (χ1v) is 6.49. The van der Waals surface area contributed by atoms with Gasteiger partial charge in [-0.1, -0.05) is 0 Å². The lowest BCUT2D eigenvalue weighted by Gasteiger charge is -2.26. The number of hydrogen-bond acceptors (Lipinski definition) is 4. The summed E-state index contributed by atoms with van der Waals surface area (Å²) in [5.74, 6) is -1.89. The average molecular weight is 329 g/mol. The summed E-state index contributed by atoms with van der Waals surface area (Å²) >= 11 is 3.19. The first-order valence-electron chi connectivity index (χ1n) is 5.70. The van der Waals surface area contributed by atoms with E-state index in [0.29, 0.717) is 10.2 Å². The van der Waals surface area contributed by atoms with Crippen LogP contribution in [0.5, 0.6) is 0 Å². The van der Waals surface area contributed by atoms with Crippen molar-refractivity contribution in [1.82, 2.24) is 9.88 Å². The molecule has 1 saturated heterocycles. The number of hydrogen-bond donors (Lipinski definition) is 1. The molecule has 0 aliphatic carbocycles. The Balaban J connectivity index is 2.14. The van der Waals surface area contributed by atoms with Crippen LogP contribution >= 0.6 is 15.9 Å². The summed E-state index contributed by atoms with van der Waals surface area (Å²) in [6.07, 6.45) is 1.45. The number of halogens is 1. The van der Waals surface area contributed by atoms with Crippen molar-refractivity contribution in [1.29, 1.82) is 0 Å². The Labute approximate surface area is 118 Å². The number of likely N-dealkylation sites (N-methyl/N-ethyl adjacent to an activating group) is 1. The molecule has 102 valence electrons. The van der Waals surface area contributed by atoms with Gasteiger partial charge in [-0.2, -0.15) is 0 Å². The summed E-state index contributed by atoms with van der Waals surface area (Å²) in [4.78, 5) is 28.7. The molecule has 19 heavy (non-hydrogen) atoms. The van der Waals surface area contributed by atoms with E-state index in [0.717, 1.165) is 0 Å². The molecular formula is C12H13BrN2O4. The molecule has 2 atom stereocenters. The summed E-state index contributed by atoms with van der Waals surface area (Å²) in [6.45, 7) is 0.374. The van der Waals surface area contributed by atoms with E-state index in [-0.39, 0.29) is 19.1 Å². The topological polar surface area (TPSA) is 79.7 Å². The van der Waals surface area contributed by atoms with Crippen LogP contribution in [-0.2, 0) is 9.53 Å². The van der Waals surface area contributed by atoms with Gasteiger partial charge in [-0.3, -0.25) is 9.59 Å². The second kappa shape index (κ2) is 5.66. The van der Waals surface area contributed by atoms with Crippen LogP contribution in [0.1, 0.15) is 10.4 Å². The number of ether oxygens (including phenoxy) is 1. The molecule has 0 radical (unpaired) electrons. The molecule has 2 rings (SSSR count). The van der Waals surface area contributed by atoms with Gasteiger partial charge in [0.25, 0.3) is 5.91 Å². The summed E-state index contributed by atoms with van der Waals surface area (Å²) < 4.78 is 5.80. The Bertz CT molecular complexity index is 491. The minimum Gasteiger partial charge on any atom is -0.481 e. The molecule has 0 aromatic carbocycles. The summed E-state index contributed by atoms with van der Waals surface area (Å²) in [6, 6.07) is 2.86. The van der Waals surface area contributed by atoms with Crippen molar-refractivity contribution in [3.05, 3.63) is 28.5 Å². The monoisotopic (exact) mass is 328 g/mol. The van der Waals surface area contributed by atoms with Gasteiger partial charge < -0.3 is 14.7 Å². The zero-order valence-electron chi connectivity index (χ0n) is 10.2. The van der Waals surface area contributed by atoms with Crippen molar-refractivity contribution in [2.75, 3.05) is 20.3 Å². The predicted molar refractivity (Wildman–Crippen MR) is 69.8 cm³/mol. The minimum atomic E-state index is -0.948. The largest absolute Gasteiger partial charge is 0.481 e. The van der Waals surface area contributed by atoms with Crippen LogP contribution in [0.2, 0.25) is 0 Å². The lowest BCUT2D eigenvalue weighted by molar-refractivity contribution is -0.142. The first-order chi connectivity index (χ1) is 9.00. The van der Waals surface area contributed by atoms with Crippen LogP contribution in [-0.4, -0.2) is 53.2 Å². The van der Waals surface area contributed by atoms with Crippen LogP contribution < -0.4 is 0 Å². The fraction of sp³-hybridized carbons (Fsp3) is 0.417. The van der Waals surface area contributed by atoms with Gasteiger partial charge in [-0.15, -0.1) is 0 Å². The molecule has 1 N–H and O–H groups in total. The highest BCUT2D eigenvalue weighted by Crippen LogP contribution is 2.20. The number of pyridine rings is 1. The molecule has 1 aliphatic rings. The quantitative estimate of drug-likeness (QED) is 0.838. The molecule has 2 heterocycles. The maximum absolute atomic E-state index is 12.2. The predicted octanol–water partition coefficient (Wildman–Crippen LogP) is 1.02. The first kappa shape index (κ1) is 14.0. The molecule has 1 aromatic rings. The molecule has 2 unspecified atom stereocenters.